The second kappa shape index (κ2) is 8.42. The van der Waals surface area contributed by atoms with E-state index in [1.807, 2.05) is 45.2 Å². The Labute approximate surface area is 164 Å². The van der Waals surface area contributed by atoms with Crippen molar-refractivity contribution in [3.63, 3.8) is 0 Å². The summed E-state index contributed by atoms with van der Waals surface area (Å²) in [4.78, 5) is 33.5. The summed E-state index contributed by atoms with van der Waals surface area (Å²) < 4.78 is 11.3. The summed E-state index contributed by atoms with van der Waals surface area (Å²) in [5.74, 6) is -3.04. The summed E-state index contributed by atoms with van der Waals surface area (Å²) in [7, 11) is 0. The van der Waals surface area contributed by atoms with Crippen LogP contribution in [0.15, 0.2) is 42.5 Å². The highest BCUT2D eigenvalue weighted by atomic mass is 127. The summed E-state index contributed by atoms with van der Waals surface area (Å²) in [5, 5.41) is 8.49. The number of carbonyl (C=O) groups excluding carboxylic acids is 2. The number of carboxylic acids is 1. The van der Waals surface area contributed by atoms with E-state index in [2.05, 4.69) is 4.74 Å². The highest BCUT2D eigenvalue weighted by Gasteiger charge is 2.17. The highest BCUT2D eigenvalue weighted by Crippen LogP contribution is 2.30. The molecule has 124 valence electrons. The first-order chi connectivity index (χ1) is 11.4. The van der Waals surface area contributed by atoms with Crippen LogP contribution in [-0.2, 0) is 20.9 Å². The number of benzene rings is 2. The van der Waals surface area contributed by atoms with Crippen LogP contribution in [0, 0.1) is 7.14 Å². The van der Waals surface area contributed by atoms with Crippen LogP contribution < -0.4 is 4.74 Å². The van der Waals surface area contributed by atoms with E-state index in [0.29, 0.717) is 24.0 Å². The van der Waals surface area contributed by atoms with Gasteiger partial charge in [0.15, 0.2) is 5.75 Å². The number of ether oxygens (including phenoxy) is 2. The Kier molecular flexibility index (Phi) is 6.54. The maximum atomic E-state index is 12.1. The van der Waals surface area contributed by atoms with E-state index in [9.17, 15) is 14.4 Å². The minimum Gasteiger partial charge on any atom is -0.473 e. The van der Waals surface area contributed by atoms with Gasteiger partial charge in [-0.15, -0.1) is 0 Å². The number of hydrogen-bond donors (Lipinski definition) is 1. The third kappa shape index (κ3) is 4.90. The Bertz CT molecular complexity index is 765. The molecule has 0 aliphatic heterocycles. The zero-order valence-electron chi connectivity index (χ0n) is 12.0. The van der Waals surface area contributed by atoms with Gasteiger partial charge in [-0.25, -0.2) is 14.4 Å². The van der Waals surface area contributed by atoms with Gasteiger partial charge >= 0.3 is 17.9 Å². The Morgan fingerprint density at radius 3 is 2.12 bits per heavy atom. The quantitative estimate of drug-likeness (QED) is 0.272. The molecule has 0 aliphatic carbocycles. The number of carboxylic acid groups (broad SMARTS) is 1. The fraction of sp³-hybridized carbons (Fsp3) is 0.0625. The second-order valence-corrected chi connectivity index (χ2v) is 6.85. The van der Waals surface area contributed by atoms with Crippen molar-refractivity contribution in [3.8, 4) is 5.75 Å². The molecule has 0 unspecified atom stereocenters. The minimum absolute atomic E-state index is 0.177. The van der Waals surface area contributed by atoms with E-state index in [1.165, 1.54) is 0 Å². The van der Waals surface area contributed by atoms with E-state index in [0.717, 1.165) is 0 Å². The molecular weight excluding hydrogens is 542 g/mol. The fourth-order valence-electron chi connectivity index (χ4n) is 1.73. The summed E-state index contributed by atoms with van der Waals surface area (Å²) >= 11 is 3.99. The number of hydrogen-bond acceptors (Lipinski definition) is 5. The number of rotatable bonds is 4. The molecular formula is C16H10I2O6. The Hall–Kier alpha value is -1.69. The molecule has 24 heavy (non-hydrogen) atoms. The molecule has 0 saturated heterocycles. The lowest BCUT2D eigenvalue weighted by Gasteiger charge is -2.11. The highest BCUT2D eigenvalue weighted by molar-refractivity contribution is 14.1. The van der Waals surface area contributed by atoms with Crippen molar-refractivity contribution < 1.29 is 29.0 Å². The largest absolute Gasteiger partial charge is 0.473 e. The van der Waals surface area contributed by atoms with E-state index in [4.69, 9.17) is 9.84 Å². The first-order valence-corrected chi connectivity index (χ1v) is 8.69. The molecule has 1 N–H and O–H groups in total. The average molecular weight is 552 g/mol. The Morgan fingerprint density at radius 2 is 1.58 bits per heavy atom. The summed E-state index contributed by atoms with van der Waals surface area (Å²) in [5.41, 5.74) is 1.03. The van der Waals surface area contributed by atoms with Crippen molar-refractivity contribution >= 4 is 63.1 Å². The number of aliphatic carboxylic acids is 1. The van der Waals surface area contributed by atoms with Crippen LogP contribution in [0.25, 0.3) is 0 Å². The smallest absolute Gasteiger partial charge is 0.417 e. The van der Waals surface area contributed by atoms with Crippen LogP contribution >= 0.6 is 45.2 Å². The van der Waals surface area contributed by atoms with Crippen molar-refractivity contribution in [2.75, 3.05) is 0 Å². The second-order valence-electron chi connectivity index (χ2n) is 4.53. The third-order valence-electron chi connectivity index (χ3n) is 2.81. The molecule has 0 spiro atoms. The molecule has 2 aromatic carbocycles. The van der Waals surface area contributed by atoms with Gasteiger partial charge < -0.3 is 14.6 Å². The normalized spacial score (nSPS) is 10.1. The molecule has 0 fully saturated rings. The summed E-state index contributed by atoms with van der Waals surface area (Å²) in [6.07, 6.45) is 0. The van der Waals surface area contributed by atoms with E-state index in [1.54, 1.807) is 42.5 Å². The van der Waals surface area contributed by atoms with Crippen molar-refractivity contribution in [2.45, 2.75) is 6.61 Å². The van der Waals surface area contributed by atoms with E-state index < -0.39 is 17.9 Å². The molecule has 0 atom stereocenters. The van der Waals surface area contributed by atoms with Crippen molar-refractivity contribution in [1.82, 2.24) is 0 Å². The molecule has 8 heteroatoms. The lowest BCUT2D eigenvalue weighted by atomic mass is 10.2. The molecule has 0 aromatic heterocycles. The molecule has 2 aromatic rings. The Balaban J connectivity index is 2.14. The van der Waals surface area contributed by atoms with Gasteiger partial charge in [0.1, 0.15) is 6.61 Å². The first-order valence-electron chi connectivity index (χ1n) is 6.53. The van der Waals surface area contributed by atoms with Crippen molar-refractivity contribution in [1.29, 1.82) is 0 Å². The van der Waals surface area contributed by atoms with Gasteiger partial charge in [-0.3, -0.25) is 0 Å². The van der Waals surface area contributed by atoms with Crippen molar-refractivity contribution in [2.24, 2.45) is 0 Å². The molecule has 0 saturated carbocycles. The summed E-state index contributed by atoms with van der Waals surface area (Å²) in [6, 6.07) is 11.9. The maximum absolute atomic E-state index is 12.1. The van der Waals surface area contributed by atoms with Gasteiger partial charge in [0.25, 0.3) is 0 Å². The minimum atomic E-state index is -1.65. The number of halogens is 2. The molecule has 2 rings (SSSR count). The van der Waals surface area contributed by atoms with Gasteiger partial charge in [0.05, 0.1) is 12.7 Å². The van der Waals surface area contributed by atoms with Gasteiger partial charge in [0.2, 0.25) is 0 Å². The molecule has 0 radical (unpaired) electrons. The molecule has 0 amide bonds. The van der Waals surface area contributed by atoms with Gasteiger partial charge in [0, 0.05) is 0 Å². The lowest BCUT2D eigenvalue weighted by molar-refractivity contribution is -0.164. The number of carbonyl (C=O) groups is 3. The predicted molar refractivity (Wildman–Crippen MR) is 101 cm³/mol. The third-order valence-corrected chi connectivity index (χ3v) is 4.41. The molecule has 0 bridgehead atoms. The zero-order valence-corrected chi connectivity index (χ0v) is 16.3. The van der Waals surface area contributed by atoms with Crippen LogP contribution in [-0.4, -0.2) is 23.0 Å². The SMILES string of the molecule is O=C(O)C(=O)OCc1cc(I)c(OC(=O)c2ccccc2)c(I)c1. The predicted octanol–water partition coefficient (Wildman–Crippen LogP) is 3.24. The van der Waals surface area contributed by atoms with Crippen molar-refractivity contribution in [3.05, 3.63) is 60.7 Å². The maximum Gasteiger partial charge on any atom is 0.417 e. The van der Waals surface area contributed by atoms with Crippen LogP contribution in [0.5, 0.6) is 5.75 Å². The first kappa shape index (κ1) is 18.6. The van der Waals surface area contributed by atoms with Crippen LogP contribution in [0.1, 0.15) is 15.9 Å². The molecule has 0 aliphatic rings. The monoisotopic (exact) mass is 552 g/mol. The van der Waals surface area contributed by atoms with Gasteiger partial charge in [-0.1, -0.05) is 18.2 Å². The zero-order chi connectivity index (χ0) is 17.7. The Morgan fingerprint density at radius 1 is 1.00 bits per heavy atom. The number of esters is 2. The van der Waals surface area contributed by atoms with Crippen LogP contribution in [0.3, 0.4) is 0 Å². The average Bonchev–Trinajstić information content (AvgIpc) is 2.56. The standard InChI is InChI=1S/C16H10I2O6/c17-11-6-9(8-23-16(22)14(19)20)7-12(18)13(11)24-15(21)10-4-2-1-3-5-10/h1-7H,8H2,(H,19,20). The molecule has 6 nitrogen and oxygen atoms in total. The van der Waals surface area contributed by atoms with Gasteiger partial charge in [-0.05, 0) is 75.0 Å². The fourth-order valence-corrected chi connectivity index (χ4v) is 3.85. The molecule has 0 heterocycles. The van der Waals surface area contributed by atoms with Crippen LogP contribution in [0.4, 0.5) is 0 Å². The topological polar surface area (TPSA) is 89.9 Å². The van der Waals surface area contributed by atoms with Gasteiger partial charge in [-0.2, -0.15) is 0 Å². The van der Waals surface area contributed by atoms with E-state index in [-0.39, 0.29) is 6.61 Å². The van der Waals surface area contributed by atoms with Crippen LogP contribution in [0.2, 0.25) is 0 Å². The van der Waals surface area contributed by atoms with E-state index >= 15 is 0 Å². The summed E-state index contributed by atoms with van der Waals surface area (Å²) in [6.45, 7) is -0.177. The lowest BCUT2D eigenvalue weighted by Crippen LogP contribution is -2.16.